The van der Waals surface area contributed by atoms with Crippen LogP contribution in [-0.2, 0) is 6.18 Å². The van der Waals surface area contributed by atoms with Gasteiger partial charge in [0.1, 0.15) is 5.82 Å². The van der Waals surface area contributed by atoms with E-state index in [4.69, 9.17) is 5.73 Å². The average Bonchev–Trinajstić information content (AvgIpc) is 2.77. The molecule has 0 saturated carbocycles. The van der Waals surface area contributed by atoms with E-state index in [1.165, 1.54) is 12.1 Å². The van der Waals surface area contributed by atoms with Crippen molar-refractivity contribution in [2.75, 3.05) is 0 Å². The quantitative estimate of drug-likeness (QED) is 0.866. The molecule has 1 aromatic heterocycles. The van der Waals surface area contributed by atoms with Gasteiger partial charge in [0.05, 0.1) is 17.5 Å². The van der Waals surface area contributed by atoms with Gasteiger partial charge in [0.15, 0.2) is 0 Å². The maximum atomic E-state index is 12.4. The molecule has 3 N–H and O–H groups in total. The van der Waals surface area contributed by atoms with Crippen LogP contribution in [0.2, 0.25) is 0 Å². The predicted molar refractivity (Wildman–Crippen MR) is 61.6 cm³/mol. The van der Waals surface area contributed by atoms with E-state index in [1.54, 1.807) is 13.1 Å². The second-order valence-corrected chi connectivity index (χ2v) is 4.05. The lowest BCUT2D eigenvalue weighted by molar-refractivity contribution is -0.137. The molecule has 1 unspecified atom stereocenters. The molecule has 1 atom stereocenters. The third kappa shape index (κ3) is 2.53. The molecule has 0 aliphatic heterocycles. The number of hydrogen-bond acceptors (Lipinski definition) is 2. The molecule has 0 saturated heterocycles. The van der Waals surface area contributed by atoms with Crippen molar-refractivity contribution in [3.8, 4) is 11.4 Å². The Morgan fingerprint density at radius 3 is 2.28 bits per heavy atom. The highest BCUT2D eigenvalue weighted by atomic mass is 19.4. The molecule has 0 fully saturated rings. The minimum absolute atomic E-state index is 0.194. The number of nitrogens with zero attached hydrogens (tertiary/aromatic N) is 1. The van der Waals surface area contributed by atoms with Crippen molar-refractivity contribution in [2.24, 2.45) is 5.73 Å². The molecule has 3 nitrogen and oxygen atoms in total. The lowest BCUT2D eigenvalue weighted by atomic mass is 10.1. The van der Waals surface area contributed by atoms with Gasteiger partial charge in [-0.2, -0.15) is 13.2 Å². The molecule has 0 aliphatic carbocycles. The second-order valence-electron chi connectivity index (χ2n) is 4.05. The van der Waals surface area contributed by atoms with E-state index in [9.17, 15) is 13.2 Å². The van der Waals surface area contributed by atoms with Gasteiger partial charge < -0.3 is 10.7 Å². The fraction of sp³-hybridized carbons (Fsp3) is 0.250. The van der Waals surface area contributed by atoms with Gasteiger partial charge in [-0.1, -0.05) is 12.1 Å². The van der Waals surface area contributed by atoms with Crippen molar-refractivity contribution >= 4 is 0 Å². The van der Waals surface area contributed by atoms with E-state index in [1.807, 2.05) is 0 Å². The Morgan fingerprint density at radius 2 is 1.83 bits per heavy atom. The summed E-state index contributed by atoms with van der Waals surface area (Å²) in [6.07, 6.45) is -2.74. The third-order valence-electron chi connectivity index (χ3n) is 2.57. The molecule has 18 heavy (non-hydrogen) atoms. The Balaban J connectivity index is 2.29. The van der Waals surface area contributed by atoms with Gasteiger partial charge in [-0.15, -0.1) is 0 Å². The zero-order valence-corrected chi connectivity index (χ0v) is 9.62. The van der Waals surface area contributed by atoms with Crippen molar-refractivity contribution in [1.29, 1.82) is 0 Å². The lowest BCUT2D eigenvalue weighted by Gasteiger charge is -2.06. The minimum atomic E-state index is -4.32. The first-order valence-corrected chi connectivity index (χ1v) is 5.36. The Kier molecular flexibility index (Phi) is 3.13. The molecule has 0 bridgehead atoms. The number of alkyl halides is 3. The zero-order valence-electron chi connectivity index (χ0n) is 9.62. The summed E-state index contributed by atoms with van der Waals surface area (Å²) >= 11 is 0. The van der Waals surface area contributed by atoms with Crippen LogP contribution in [0.4, 0.5) is 13.2 Å². The highest BCUT2D eigenvalue weighted by molar-refractivity contribution is 5.56. The van der Waals surface area contributed by atoms with Crippen molar-refractivity contribution in [3.63, 3.8) is 0 Å². The van der Waals surface area contributed by atoms with Crippen LogP contribution in [0, 0.1) is 0 Å². The fourth-order valence-corrected chi connectivity index (χ4v) is 1.53. The number of halogens is 3. The summed E-state index contributed by atoms with van der Waals surface area (Å²) in [5, 5.41) is 0. The number of H-pyrrole nitrogens is 1. The Morgan fingerprint density at radius 1 is 1.22 bits per heavy atom. The molecule has 1 aromatic carbocycles. The van der Waals surface area contributed by atoms with Crippen molar-refractivity contribution in [1.82, 2.24) is 9.97 Å². The second kappa shape index (κ2) is 4.45. The largest absolute Gasteiger partial charge is 0.416 e. The number of imidazole rings is 1. The Hall–Kier alpha value is -1.82. The third-order valence-corrected chi connectivity index (χ3v) is 2.57. The smallest absolute Gasteiger partial charge is 0.341 e. The predicted octanol–water partition coefficient (Wildman–Crippen LogP) is 3.12. The molecular formula is C12H12F3N3. The van der Waals surface area contributed by atoms with Crippen LogP contribution in [0.25, 0.3) is 11.4 Å². The summed E-state index contributed by atoms with van der Waals surface area (Å²) in [5.41, 5.74) is 6.32. The van der Waals surface area contributed by atoms with Gasteiger partial charge in [-0.3, -0.25) is 0 Å². The summed E-state index contributed by atoms with van der Waals surface area (Å²) in [4.78, 5) is 7.05. The van der Waals surface area contributed by atoms with Crippen LogP contribution in [0.3, 0.4) is 0 Å². The molecule has 0 spiro atoms. The number of aromatic nitrogens is 2. The number of benzene rings is 1. The summed E-state index contributed by atoms with van der Waals surface area (Å²) in [6, 6.07) is 4.63. The van der Waals surface area contributed by atoms with Crippen molar-refractivity contribution in [2.45, 2.75) is 19.1 Å². The first-order chi connectivity index (χ1) is 8.38. The van der Waals surface area contributed by atoms with Crippen LogP contribution < -0.4 is 5.73 Å². The topological polar surface area (TPSA) is 54.7 Å². The SMILES string of the molecule is CC(N)c1cnc(-c2ccc(C(F)(F)F)cc2)[nH]1. The monoisotopic (exact) mass is 255 g/mol. The Labute approximate surface area is 102 Å². The molecule has 96 valence electrons. The van der Waals surface area contributed by atoms with E-state index in [0.717, 1.165) is 17.8 Å². The number of nitrogens with two attached hydrogens (primary N) is 1. The van der Waals surface area contributed by atoms with Crippen molar-refractivity contribution < 1.29 is 13.2 Å². The summed E-state index contributed by atoms with van der Waals surface area (Å²) in [7, 11) is 0. The lowest BCUT2D eigenvalue weighted by Crippen LogP contribution is -2.05. The standard InChI is InChI=1S/C12H12F3N3/c1-7(16)10-6-17-11(18-10)8-2-4-9(5-3-8)12(13,14)15/h2-7H,16H2,1H3,(H,17,18). The molecule has 2 aromatic rings. The molecule has 6 heteroatoms. The zero-order chi connectivity index (χ0) is 13.3. The highest BCUT2D eigenvalue weighted by Crippen LogP contribution is 2.30. The van der Waals surface area contributed by atoms with E-state index in [0.29, 0.717) is 11.4 Å². The van der Waals surface area contributed by atoms with E-state index >= 15 is 0 Å². The fourth-order valence-electron chi connectivity index (χ4n) is 1.53. The number of aromatic amines is 1. The summed E-state index contributed by atoms with van der Waals surface area (Å²) in [5.74, 6) is 0.510. The van der Waals surface area contributed by atoms with Crippen LogP contribution >= 0.6 is 0 Å². The van der Waals surface area contributed by atoms with Gasteiger partial charge in [0.2, 0.25) is 0 Å². The van der Waals surface area contributed by atoms with Gasteiger partial charge >= 0.3 is 6.18 Å². The minimum Gasteiger partial charge on any atom is -0.341 e. The van der Waals surface area contributed by atoms with Gasteiger partial charge in [-0.25, -0.2) is 4.98 Å². The maximum Gasteiger partial charge on any atom is 0.416 e. The highest BCUT2D eigenvalue weighted by Gasteiger charge is 2.30. The average molecular weight is 255 g/mol. The molecule has 0 radical (unpaired) electrons. The van der Waals surface area contributed by atoms with Gasteiger partial charge in [0, 0.05) is 11.6 Å². The van der Waals surface area contributed by atoms with Crippen LogP contribution in [0.15, 0.2) is 30.5 Å². The van der Waals surface area contributed by atoms with E-state index in [2.05, 4.69) is 9.97 Å². The summed E-state index contributed by atoms with van der Waals surface area (Å²) < 4.78 is 37.2. The van der Waals surface area contributed by atoms with Crippen LogP contribution in [-0.4, -0.2) is 9.97 Å². The molecule has 1 heterocycles. The maximum absolute atomic E-state index is 12.4. The molecule has 0 amide bonds. The molecule has 2 rings (SSSR count). The first-order valence-electron chi connectivity index (χ1n) is 5.36. The first kappa shape index (κ1) is 12.6. The normalized spacial score (nSPS) is 13.6. The van der Waals surface area contributed by atoms with Crippen molar-refractivity contribution in [3.05, 3.63) is 41.7 Å². The van der Waals surface area contributed by atoms with E-state index in [-0.39, 0.29) is 6.04 Å². The molecular weight excluding hydrogens is 243 g/mol. The summed E-state index contributed by atoms with van der Waals surface area (Å²) in [6.45, 7) is 1.80. The number of hydrogen-bond donors (Lipinski definition) is 2. The van der Waals surface area contributed by atoms with Crippen LogP contribution in [0.1, 0.15) is 24.2 Å². The van der Waals surface area contributed by atoms with Gasteiger partial charge in [-0.05, 0) is 19.1 Å². The number of nitrogens with one attached hydrogen (secondary N) is 1. The van der Waals surface area contributed by atoms with Gasteiger partial charge in [0.25, 0.3) is 0 Å². The van der Waals surface area contributed by atoms with Crippen LogP contribution in [0.5, 0.6) is 0 Å². The number of rotatable bonds is 2. The van der Waals surface area contributed by atoms with E-state index < -0.39 is 11.7 Å². The molecule has 0 aliphatic rings. The Bertz CT molecular complexity index is 526.